The van der Waals surface area contributed by atoms with Crippen LogP contribution in [0.3, 0.4) is 0 Å². The maximum absolute atomic E-state index is 12.9. The summed E-state index contributed by atoms with van der Waals surface area (Å²) in [6, 6.07) is 12.3. The molecule has 1 heterocycles. The van der Waals surface area contributed by atoms with Gasteiger partial charge in [-0.3, -0.25) is 4.21 Å². The van der Waals surface area contributed by atoms with E-state index in [1.165, 1.54) is 24.3 Å². The van der Waals surface area contributed by atoms with Crippen LogP contribution in [-0.2, 0) is 21.1 Å². The average Bonchev–Trinajstić information content (AvgIpc) is 2.81. The van der Waals surface area contributed by atoms with Crippen LogP contribution in [0.4, 0.5) is 0 Å². The summed E-state index contributed by atoms with van der Waals surface area (Å²) in [4.78, 5) is 0.0125. The van der Waals surface area contributed by atoms with Gasteiger partial charge in [0.05, 0.1) is 10.4 Å². The van der Waals surface area contributed by atoms with Crippen LogP contribution in [0.5, 0.6) is 0 Å². The molecule has 0 amide bonds. The third-order valence-corrected chi connectivity index (χ3v) is 6.41. The molecule has 0 radical (unpaired) electrons. The fourth-order valence-corrected chi connectivity index (χ4v) is 5.22. The number of aromatic nitrogens is 1. The topological polar surface area (TPSA) is 79.2 Å². The number of hydrogen-bond acceptors (Lipinski definition) is 4. The number of nitrogens with zero attached hydrogens (tertiary/aromatic N) is 1. The largest absolute Gasteiger partial charge is 1.00 e. The first-order chi connectivity index (χ1) is 10.8. The standard InChI is InChI=1S/C15H12ClNO4S2.Li/c1-10-13-9-11(16)7-8-14(13)17(15(10)22(18)19)23(20,21)12-5-3-2-4-6-12;/h2-9H,1H3,(H,18,19);/q;+1/p-1. The predicted molar refractivity (Wildman–Crippen MR) is 87.9 cm³/mol. The van der Waals surface area contributed by atoms with Gasteiger partial charge in [0.1, 0.15) is 5.03 Å². The van der Waals surface area contributed by atoms with Crippen LogP contribution in [-0.4, -0.2) is 21.2 Å². The Balaban J connectivity index is 0.00000208. The molecule has 0 aliphatic heterocycles. The summed E-state index contributed by atoms with van der Waals surface area (Å²) in [6.07, 6.45) is 0. The van der Waals surface area contributed by atoms with Gasteiger partial charge in [-0.25, -0.2) is 12.4 Å². The zero-order valence-corrected chi connectivity index (χ0v) is 15.3. The molecule has 0 aliphatic rings. The van der Waals surface area contributed by atoms with Crippen molar-refractivity contribution in [2.45, 2.75) is 16.8 Å². The Hall–Kier alpha value is -1.07. The molecule has 0 N–H and O–H groups in total. The van der Waals surface area contributed by atoms with Gasteiger partial charge in [-0.05, 0) is 53.9 Å². The van der Waals surface area contributed by atoms with Crippen LogP contribution in [0.15, 0.2) is 58.5 Å². The van der Waals surface area contributed by atoms with Crippen molar-refractivity contribution in [3.05, 3.63) is 59.1 Å². The molecule has 120 valence electrons. The molecule has 0 aliphatic carbocycles. The van der Waals surface area contributed by atoms with Gasteiger partial charge in [0.15, 0.2) is 0 Å². The molecular formula is C15H11ClLiNO4S2. The second-order valence-electron chi connectivity index (χ2n) is 4.91. The number of benzene rings is 2. The molecule has 0 fully saturated rings. The van der Waals surface area contributed by atoms with Crippen molar-refractivity contribution in [3.8, 4) is 0 Å². The molecule has 0 spiro atoms. The average molecular weight is 376 g/mol. The van der Waals surface area contributed by atoms with E-state index in [-0.39, 0.29) is 34.3 Å². The van der Waals surface area contributed by atoms with Crippen LogP contribution >= 0.6 is 11.6 Å². The first-order valence-corrected chi connectivity index (χ1v) is 9.44. The Morgan fingerprint density at radius 3 is 2.33 bits per heavy atom. The summed E-state index contributed by atoms with van der Waals surface area (Å²) in [6.45, 7) is 1.56. The third kappa shape index (κ3) is 3.08. The molecule has 9 heteroatoms. The zero-order valence-electron chi connectivity index (χ0n) is 12.9. The molecule has 0 bridgehead atoms. The summed E-state index contributed by atoms with van der Waals surface area (Å²) in [5, 5.41) is 0.598. The van der Waals surface area contributed by atoms with Gasteiger partial charge in [-0.2, -0.15) is 0 Å². The van der Waals surface area contributed by atoms with Crippen LogP contribution < -0.4 is 18.9 Å². The Morgan fingerprint density at radius 1 is 1.12 bits per heavy atom. The molecule has 1 atom stereocenters. The summed E-state index contributed by atoms with van der Waals surface area (Å²) in [5.74, 6) is 0. The predicted octanol–water partition coefficient (Wildman–Crippen LogP) is 0.0821. The second kappa shape index (κ2) is 7.04. The van der Waals surface area contributed by atoms with E-state index in [0.717, 1.165) is 3.97 Å². The Labute approximate surface area is 159 Å². The minimum Gasteiger partial charge on any atom is -0.767 e. The van der Waals surface area contributed by atoms with E-state index in [1.807, 2.05) is 0 Å². The quantitative estimate of drug-likeness (QED) is 0.480. The van der Waals surface area contributed by atoms with Crippen molar-refractivity contribution in [3.63, 3.8) is 0 Å². The fraction of sp³-hybridized carbons (Fsp3) is 0.0667. The molecular weight excluding hydrogens is 365 g/mol. The number of aryl methyl sites for hydroxylation is 1. The van der Waals surface area contributed by atoms with E-state index in [2.05, 4.69) is 0 Å². The monoisotopic (exact) mass is 375 g/mol. The summed E-state index contributed by atoms with van der Waals surface area (Å²) < 4.78 is 50.0. The zero-order chi connectivity index (χ0) is 16.8. The number of hydrogen-bond donors (Lipinski definition) is 0. The summed E-state index contributed by atoms with van der Waals surface area (Å²) >= 11 is 3.23. The first-order valence-electron chi connectivity index (χ1n) is 6.54. The third-order valence-electron chi connectivity index (χ3n) is 3.53. The number of halogens is 1. The minimum absolute atomic E-state index is 0. The number of rotatable bonds is 3. The van der Waals surface area contributed by atoms with Gasteiger partial charge >= 0.3 is 18.9 Å². The van der Waals surface area contributed by atoms with Gasteiger partial charge in [-0.15, -0.1) is 0 Å². The normalized spacial score (nSPS) is 12.8. The van der Waals surface area contributed by atoms with Crippen molar-refractivity contribution >= 4 is 43.6 Å². The molecule has 5 nitrogen and oxygen atoms in total. The van der Waals surface area contributed by atoms with Crippen LogP contribution in [0.25, 0.3) is 10.9 Å². The van der Waals surface area contributed by atoms with E-state index in [0.29, 0.717) is 16.0 Å². The van der Waals surface area contributed by atoms with Crippen molar-refractivity contribution in [2.75, 3.05) is 0 Å². The van der Waals surface area contributed by atoms with E-state index >= 15 is 0 Å². The summed E-state index contributed by atoms with van der Waals surface area (Å²) in [7, 11) is -4.05. The maximum Gasteiger partial charge on any atom is 1.00 e. The van der Waals surface area contributed by atoms with E-state index < -0.39 is 21.1 Å². The van der Waals surface area contributed by atoms with Crippen molar-refractivity contribution in [1.29, 1.82) is 0 Å². The molecule has 2 aromatic carbocycles. The maximum atomic E-state index is 12.9. The number of fused-ring (bicyclic) bond motifs is 1. The molecule has 3 aromatic rings. The fourth-order valence-electron chi connectivity index (χ4n) is 2.49. The van der Waals surface area contributed by atoms with Gasteiger partial charge in [0.25, 0.3) is 10.0 Å². The Morgan fingerprint density at radius 2 is 1.75 bits per heavy atom. The van der Waals surface area contributed by atoms with Gasteiger partial charge < -0.3 is 4.55 Å². The van der Waals surface area contributed by atoms with Crippen molar-refractivity contribution in [2.24, 2.45) is 0 Å². The van der Waals surface area contributed by atoms with E-state index in [1.54, 1.807) is 31.2 Å². The van der Waals surface area contributed by atoms with Crippen LogP contribution in [0, 0.1) is 6.92 Å². The molecule has 1 aromatic heterocycles. The molecule has 0 saturated carbocycles. The second-order valence-corrected chi connectivity index (χ2v) is 7.99. The molecule has 3 rings (SSSR count). The van der Waals surface area contributed by atoms with Gasteiger partial charge in [-0.1, -0.05) is 29.8 Å². The van der Waals surface area contributed by atoms with Crippen LogP contribution in [0.1, 0.15) is 5.56 Å². The first kappa shape index (κ1) is 19.3. The Kier molecular flexibility index (Phi) is 5.65. The minimum atomic E-state index is -4.05. The Bertz CT molecular complexity index is 1030. The van der Waals surface area contributed by atoms with Crippen molar-refractivity contribution in [1.82, 2.24) is 3.97 Å². The van der Waals surface area contributed by atoms with Gasteiger partial charge in [0.2, 0.25) is 0 Å². The molecule has 24 heavy (non-hydrogen) atoms. The molecule has 0 saturated heterocycles. The van der Waals surface area contributed by atoms with Crippen LogP contribution in [0.2, 0.25) is 5.02 Å². The van der Waals surface area contributed by atoms with Gasteiger partial charge in [0, 0.05) is 10.4 Å². The summed E-state index contributed by atoms with van der Waals surface area (Å²) in [5.41, 5.74) is 0.616. The molecule has 1 unspecified atom stereocenters. The SMILES string of the molecule is Cc1c(S(=O)[O-])n(S(=O)(=O)c2ccccc2)c2ccc(Cl)cc12.[Li+]. The van der Waals surface area contributed by atoms with E-state index in [9.17, 15) is 17.2 Å². The smallest absolute Gasteiger partial charge is 0.767 e. The van der Waals surface area contributed by atoms with Crippen molar-refractivity contribution < 1.29 is 36.0 Å². The van der Waals surface area contributed by atoms with E-state index in [4.69, 9.17) is 11.6 Å².